The normalized spacial score (nSPS) is 16.2. The highest BCUT2D eigenvalue weighted by atomic mass is 19.1. The predicted octanol–water partition coefficient (Wildman–Crippen LogP) is 7.21. The van der Waals surface area contributed by atoms with E-state index >= 15 is 0 Å². The summed E-state index contributed by atoms with van der Waals surface area (Å²) in [5, 5.41) is 18.9. The molecule has 9 rings (SSSR count). The highest BCUT2D eigenvalue weighted by Crippen LogP contribution is 2.34. The van der Waals surface area contributed by atoms with E-state index in [2.05, 4.69) is 48.2 Å². The third kappa shape index (κ3) is 12.5. The zero-order valence-electron chi connectivity index (χ0n) is 43.1. The van der Waals surface area contributed by atoms with Gasteiger partial charge in [-0.3, -0.25) is 23.9 Å². The molecular formula is C57H65FN10O7. The van der Waals surface area contributed by atoms with E-state index in [0.717, 1.165) is 69.2 Å². The Labute approximate surface area is 435 Å². The van der Waals surface area contributed by atoms with Gasteiger partial charge in [0, 0.05) is 65.4 Å². The quantitative estimate of drug-likeness (QED) is 0.0563. The largest absolute Gasteiger partial charge is 0.491 e. The van der Waals surface area contributed by atoms with Crippen LogP contribution in [0.2, 0.25) is 0 Å². The number of ether oxygens (including phenoxy) is 3. The van der Waals surface area contributed by atoms with Crippen molar-refractivity contribution in [2.45, 2.75) is 97.1 Å². The lowest BCUT2D eigenvalue weighted by molar-refractivity contribution is -0.147. The van der Waals surface area contributed by atoms with Crippen molar-refractivity contribution in [2.75, 3.05) is 40.1 Å². The maximum absolute atomic E-state index is 14.7. The van der Waals surface area contributed by atoms with E-state index in [4.69, 9.17) is 14.2 Å². The number of H-pyrrole nitrogens is 1. The number of halogens is 1. The molecule has 2 aliphatic rings. The van der Waals surface area contributed by atoms with Crippen LogP contribution in [-0.4, -0.2) is 116 Å². The molecule has 18 heteroatoms. The molecule has 75 heavy (non-hydrogen) atoms. The maximum Gasteiger partial charge on any atom is 0.249 e. The molecule has 0 saturated heterocycles. The van der Waals surface area contributed by atoms with Crippen LogP contribution < -0.4 is 20.7 Å². The summed E-state index contributed by atoms with van der Waals surface area (Å²) < 4.78 is 34.4. The summed E-state index contributed by atoms with van der Waals surface area (Å²) in [4.78, 5) is 64.8. The first-order chi connectivity index (χ1) is 36.2. The minimum atomic E-state index is -0.892. The number of likely N-dealkylation sites (N-methyl/N-ethyl adjacent to an activating group) is 1. The lowest BCUT2D eigenvalue weighted by atomic mass is 9.83. The number of rotatable bonds is 20. The molecule has 4 N–H and O–H groups in total. The first-order valence-corrected chi connectivity index (χ1v) is 25.6. The molecule has 4 atom stereocenters. The summed E-state index contributed by atoms with van der Waals surface area (Å²) in [6, 6.07) is 20.0. The van der Waals surface area contributed by atoms with E-state index in [0.29, 0.717) is 31.0 Å². The Hall–Kier alpha value is -7.54. The number of carbonyl (C=O) groups excluding carboxylic acids is 4. The molecule has 7 aromatic rings. The third-order valence-electron chi connectivity index (χ3n) is 14.0. The van der Waals surface area contributed by atoms with Crippen molar-refractivity contribution in [1.82, 2.24) is 50.4 Å². The first kappa shape index (κ1) is 52.3. The van der Waals surface area contributed by atoms with E-state index in [-0.39, 0.29) is 74.9 Å². The lowest BCUT2D eigenvalue weighted by Gasteiger charge is -2.41. The van der Waals surface area contributed by atoms with Gasteiger partial charge in [0.15, 0.2) is 0 Å². The van der Waals surface area contributed by atoms with Gasteiger partial charge in [-0.05, 0) is 96.8 Å². The number of carbonyl (C=O) groups is 4. The van der Waals surface area contributed by atoms with Crippen LogP contribution in [0.3, 0.4) is 0 Å². The van der Waals surface area contributed by atoms with Gasteiger partial charge in [-0.15, -0.1) is 0 Å². The van der Waals surface area contributed by atoms with Crippen LogP contribution in [0.15, 0.2) is 110 Å². The number of amides is 3. The summed E-state index contributed by atoms with van der Waals surface area (Å²) >= 11 is 0. The van der Waals surface area contributed by atoms with Crippen molar-refractivity contribution in [3.63, 3.8) is 0 Å². The fourth-order valence-electron chi connectivity index (χ4n) is 9.74. The van der Waals surface area contributed by atoms with Crippen molar-refractivity contribution in [3.8, 4) is 28.0 Å². The minimum absolute atomic E-state index is 0.117. The van der Waals surface area contributed by atoms with Gasteiger partial charge in [0.05, 0.1) is 63.9 Å². The van der Waals surface area contributed by atoms with E-state index in [1.54, 1.807) is 54.4 Å². The first-order valence-electron chi connectivity index (χ1n) is 25.6. The Morgan fingerprint density at radius 3 is 2.47 bits per heavy atom. The Morgan fingerprint density at radius 1 is 0.853 bits per heavy atom. The number of pyridine rings is 1. The predicted molar refractivity (Wildman–Crippen MR) is 281 cm³/mol. The zero-order valence-corrected chi connectivity index (χ0v) is 43.1. The fraction of sp³-hybridized carbons (Fsp3) is 0.386. The summed E-state index contributed by atoms with van der Waals surface area (Å²) in [6.07, 6.45) is 13.7. The van der Waals surface area contributed by atoms with Crippen molar-refractivity contribution < 1.29 is 37.8 Å². The average Bonchev–Trinajstić information content (AvgIpc) is 4.20. The maximum atomic E-state index is 14.7. The van der Waals surface area contributed by atoms with Crippen molar-refractivity contribution in [3.05, 3.63) is 144 Å². The lowest BCUT2D eigenvalue weighted by Crippen LogP contribution is -2.62. The summed E-state index contributed by atoms with van der Waals surface area (Å²) in [5.41, 5.74) is 8.31. The van der Waals surface area contributed by atoms with Gasteiger partial charge < -0.3 is 40.0 Å². The number of aromatic amines is 1. The Kier molecular flexibility index (Phi) is 16.3. The number of hydrogen-bond donors (Lipinski definition) is 4. The van der Waals surface area contributed by atoms with Crippen LogP contribution in [0.5, 0.6) is 5.75 Å². The van der Waals surface area contributed by atoms with Crippen molar-refractivity contribution in [1.29, 1.82) is 0 Å². The topological polar surface area (TPSA) is 200 Å². The van der Waals surface area contributed by atoms with Crippen LogP contribution in [0.1, 0.15) is 85.6 Å². The molecule has 0 fully saturated rings. The molecule has 0 radical (unpaired) electrons. The van der Waals surface area contributed by atoms with Gasteiger partial charge in [0.2, 0.25) is 23.6 Å². The minimum Gasteiger partial charge on any atom is -0.491 e. The van der Waals surface area contributed by atoms with E-state index in [9.17, 15) is 23.6 Å². The molecule has 0 bridgehead atoms. The SMILES string of the molecule is CN[C@H](C)C(=O)N[C@@H](C(=O)N1Cc2cc(OCCOCCOCCC(=O)n3cc(-c4cnc5[nH]cc(-c6cnn(Cc7cccc(F)c7)c6)c5c4)cn3)ccc2C[C@@H]1C(=O)NC1CCCc2ccccc21)C(C)(C)C. The summed E-state index contributed by atoms with van der Waals surface area (Å²) in [6.45, 7) is 9.36. The van der Waals surface area contributed by atoms with Gasteiger partial charge >= 0.3 is 0 Å². The van der Waals surface area contributed by atoms with Gasteiger partial charge in [-0.25, -0.2) is 14.1 Å². The second-order valence-corrected chi connectivity index (χ2v) is 20.4. The van der Waals surface area contributed by atoms with E-state index in [1.165, 1.54) is 22.4 Å². The molecule has 392 valence electrons. The summed E-state index contributed by atoms with van der Waals surface area (Å²) in [7, 11) is 1.69. The van der Waals surface area contributed by atoms with Gasteiger partial charge in [0.1, 0.15) is 35.9 Å². The fourth-order valence-corrected chi connectivity index (χ4v) is 9.74. The number of aryl methyl sites for hydroxylation is 1. The van der Waals surface area contributed by atoms with Crippen LogP contribution >= 0.6 is 0 Å². The number of benzene rings is 3. The number of aromatic nitrogens is 6. The van der Waals surface area contributed by atoms with Gasteiger partial charge in [0.25, 0.3) is 0 Å². The number of fused-ring (bicyclic) bond motifs is 3. The van der Waals surface area contributed by atoms with Gasteiger partial charge in [-0.2, -0.15) is 10.2 Å². The van der Waals surface area contributed by atoms with Crippen molar-refractivity contribution >= 4 is 34.7 Å². The highest BCUT2D eigenvalue weighted by Gasteiger charge is 2.43. The molecule has 4 aromatic heterocycles. The molecule has 0 spiro atoms. The smallest absolute Gasteiger partial charge is 0.249 e. The Balaban J connectivity index is 0.744. The second-order valence-electron chi connectivity index (χ2n) is 20.4. The molecule has 0 saturated carbocycles. The molecule has 1 aliphatic heterocycles. The molecule has 1 aliphatic carbocycles. The molecular weight excluding hydrogens is 956 g/mol. The molecule has 17 nitrogen and oxygen atoms in total. The van der Waals surface area contributed by atoms with E-state index in [1.807, 2.05) is 75.6 Å². The van der Waals surface area contributed by atoms with Crippen molar-refractivity contribution in [2.24, 2.45) is 5.41 Å². The molecule has 3 aromatic carbocycles. The van der Waals surface area contributed by atoms with E-state index < -0.39 is 23.5 Å². The second kappa shape index (κ2) is 23.3. The highest BCUT2D eigenvalue weighted by molar-refractivity contribution is 5.96. The number of hydrogen-bond acceptors (Lipinski definition) is 11. The van der Waals surface area contributed by atoms with Crippen LogP contribution in [0, 0.1) is 11.2 Å². The van der Waals surface area contributed by atoms with Crippen LogP contribution in [0.4, 0.5) is 4.39 Å². The number of nitrogens with zero attached hydrogens (tertiary/aromatic N) is 6. The summed E-state index contributed by atoms with van der Waals surface area (Å²) in [5.74, 6) is -0.766. The standard InChI is InChI=1S/C57H65FN10O7/c1-36(59-5)54(70)65-52(57(2,3)4)56(72)67-34-41-25-45(17-16-39(41)27-50(67)55(71)64-49-15-9-12-38-11-6-7-14-46(38)49)75-23-22-74-21-20-73-19-18-51(69)68-35-42(29-63-68)40-26-47-48(31-61-53(47)60-28-40)43-30-62-66(33-43)32-37-10-8-13-44(58)24-37/h6-8,10-11,13-14,16-17,24-26,28-31,33,35-36,49-50,52,59H,9,12,15,18-23,27,32,34H2,1-5H3,(H,60,61)(H,64,71)(H,65,70)/t36-,49?,50-,52+/m1/s1. The number of nitrogens with one attached hydrogen (secondary N) is 4. The molecule has 1 unspecified atom stereocenters. The Bertz CT molecular complexity index is 3160. The average molecular weight is 1020 g/mol. The van der Waals surface area contributed by atoms with Crippen LogP contribution in [-0.2, 0) is 49.8 Å². The third-order valence-corrected chi connectivity index (χ3v) is 14.0. The molecule has 3 amide bonds. The van der Waals surface area contributed by atoms with Gasteiger partial charge in [-0.1, -0.05) is 63.2 Å². The zero-order chi connectivity index (χ0) is 52.6. The molecule has 5 heterocycles. The Morgan fingerprint density at radius 2 is 1.65 bits per heavy atom. The van der Waals surface area contributed by atoms with Crippen LogP contribution in [0.25, 0.3) is 33.3 Å². The monoisotopic (exact) mass is 1020 g/mol.